The summed E-state index contributed by atoms with van der Waals surface area (Å²) in [4.78, 5) is 34.4. The highest BCUT2D eigenvalue weighted by Gasteiger charge is 2.27. The summed E-state index contributed by atoms with van der Waals surface area (Å²) < 4.78 is 4.51. The normalized spacial score (nSPS) is 13.4. The Hall–Kier alpha value is -2.37. The van der Waals surface area contributed by atoms with Crippen LogP contribution in [-0.4, -0.2) is 24.4 Å². The Labute approximate surface area is 116 Å². The van der Waals surface area contributed by atoms with E-state index in [0.717, 1.165) is 18.4 Å². The van der Waals surface area contributed by atoms with Crippen LogP contribution < -0.4 is 10.9 Å². The first-order valence-corrected chi connectivity index (χ1v) is 6.49. The van der Waals surface area contributed by atoms with Crippen LogP contribution in [0.3, 0.4) is 0 Å². The first kappa shape index (κ1) is 14.0. The summed E-state index contributed by atoms with van der Waals surface area (Å²) in [5, 5.41) is 0. The number of carbonyl (C=O) groups excluding carboxylic acids is 3. The van der Waals surface area contributed by atoms with Gasteiger partial charge in [0.25, 0.3) is 5.91 Å². The Morgan fingerprint density at radius 1 is 1.20 bits per heavy atom. The molecule has 1 saturated carbocycles. The lowest BCUT2D eigenvalue weighted by atomic mass is 10.0. The molecule has 0 unspecified atom stereocenters. The van der Waals surface area contributed by atoms with Crippen LogP contribution in [-0.2, 0) is 14.3 Å². The molecule has 0 aliphatic heterocycles. The van der Waals surface area contributed by atoms with E-state index in [9.17, 15) is 14.4 Å². The van der Waals surface area contributed by atoms with Crippen molar-refractivity contribution < 1.29 is 19.1 Å². The quantitative estimate of drug-likeness (QED) is 0.488. The Morgan fingerprint density at radius 2 is 1.90 bits per heavy atom. The number of nitrogens with one attached hydrogen (secondary N) is 2. The van der Waals surface area contributed by atoms with Gasteiger partial charge in [0.1, 0.15) is 0 Å². The van der Waals surface area contributed by atoms with Crippen LogP contribution in [0.1, 0.15) is 41.6 Å². The number of ether oxygens (including phenoxy) is 1. The van der Waals surface area contributed by atoms with Crippen molar-refractivity contribution in [3.63, 3.8) is 0 Å². The van der Waals surface area contributed by atoms with Crippen molar-refractivity contribution in [2.75, 3.05) is 6.61 Å². The van der Waals surface area contributed by atoms with E-state index < -0.39 is 17.8 Å². The fraction of sp³-hybridized carbons (Fsp3) is 0.357. The molecule has 1 aliphatic rings. The van der Waals surface area contributed by atoms with E-state index in [2.05, 4.69) is 10.2 Å². The maximum absolute atomic E-state index is 12.0. The van der Waals surface area contributed by atoms with Gasteiger partial charge in [0.05, 0.1) is 6.61 Å². The van der Waals surface area contributed by atoms with E-state index in [4.69, 9.17) is 0 Å². The second kappa shape index (κ2) is 6.18. The molecule has 2 N–H and O–H groups in total. The van der Waals surface area contributed by atoms with Gasteiger partial charge in [-0.05, 0) is 37.3 Å². The van der Waals surface area contributed by atoms with E-state index in [1.807, 2.05) is 17.6 Å². The molecule has 1 fully saturated rings. The summed E-state index contributed by atoms with van der Waals surface area (Å²) in [5.74, 6) is -2.05. The predicted molar refractivity (Wildman–Crippen MR) is 70.7 cm³/mol. The summed E-state index contributed by atoms with van der Waals surface area (Å²) >= 11 is 0. The summed E-state index contributed by atoms with van der Waals surface area (Å²) in [6, 6.07) is 7.23. The zero-order chi connectivity index (χ0) is 14.5. The minimum absolute atomic E-state index is 0.102. The van der Waals surface area contributed by atoms with Gasteiger partial charge in [0.2, 0.25) is 0 Å². The molecule has 20 heavy (non-hydrogen) atoms. The van der Waals surface area contributed by atoms with Gasteiger partial charge in [-0.15, -0.1) is 0 Å². The van der Waals surface area contributed by atoms with E-state index in [0.29, 0.717) is 11.5 Å². The second-order valence-electron chi connectivity index (χ2n) is 4.49. The van der Waals surface area contributed by atoms with Crippen LogP contribution in [0.5, 0.6) is 0 Å². The number of carbonyl (C=O) groups is 3. The van der Waals surface area contributed by atoms with Crippen LogP contribution in [0.15, 0.2) is 24.3 Å². The summed E-state index contributed by atoms with van der Waals surface area (Å²) in [6.07, 6.45) is 2.14. The van der Waals surface area contributed by atoms with Crippen LogP contribution in [0, 0.1) is 0 Å². The van der Waals surface area contributed by atoms with Gasteiger partial charge in [-0.3, -0.25) is 20.4 Å². The average molecular weight is 276 g/mol. The molecule has 106 valence electrons. The van der Waals surface area contributed by atoms with Crippen molar-refractivity contribution in [3.05, 3.63) is 35.4 Å². The minimum atomic E-state index is -1.02. The Balaban J connectivity index is 1.95. The lowest BCUT2D eigenvalue weighted by Crippen LogP contribution is -2.45. The SMILES string of the molecule is CCOC(=O)C(=O)NNC(=O)c1ccccc1C1CC1. The van der Waals surface area contributed by atoms with Crippen molar-refractivity contribution in [2.24, 2.45) is 0 Å². The van der Waals surface area contributed by atoms with Crippen LogP contribution in [0.4, 0.5) is 0 Å². The average Bonchev–Trinajstić information content (AvgIpc) is 3.29. The third-order valence-corrected chi connectivity index (χ3v) is 2.97. The zero-order valence-electron chi connectivity index (χ0n) is 11.1. The van der Waals surface area contributed by atoms with Gasteiger partial charge >= 0.3 is 11.9 Å². The Morgan fingerprint density at radius 3 is 2.55 bits per heavy atom. The molecule has 0 saturated heterocycles. The lowest BCUT2D eigenvalue weighted by Gasteiger charge is -2.10. The fourth-order valence-electron chi connectivity index (χ4n) is 1.88. The lowest BCUT2D eigenvalue weighted by molar-refractivity contribution is -0.154. The number of esters is 1. The van der Waals surface area contributed by atoms with Crippen LogP contribution in [0.2, 0.25) is 0 Å². The van der Waals surface area contributed by atoms with E-state index >= 15 is 0 Å². The molecular weight excluding hydrogens is 260 g/mol. The summed E-state index contributed by atoms with van der Waals surface area (Å²) in [5.41, 5.74) is 5.74. The first-order valence-electron chi connectivity index (χ1n) is 6.49. The molecule has 6 heteroatoms. The van der Waals surface area contributed by atoms with Crippen molar-refractivity contribution in [1.82, 2.24) is 10.9 Å². The molecule has 1 aromatic rings. The molecule has 6 nitrogen and oxygen atoms in total. The maximum Gasteiger partial charge on any atom is 0.398 e. The maximum atomic E-state index is 12.0. The molecule has 0 spiro atoms. The van der Waals surface area contributed by atoms with E-state index in [1.54, 1.807) is 19.1 Å². The summed E-state index contributed by atoms with van der Waals surface area (Å²) in [6.45, 7) is 1.69. The molecule has 0 aromatic heterocycles. The van der Waals surface area contributed by atoms with Crippen molar-refractivity contribution in [1.29, 1.82) is 0 Å². The molecule has 0 bridgehead atoms. The predicted octanol–water partition coefficient (Wildman–Crippen LogP) is 0.888. The highest BCUT2D eigenvalue weighted by Crippen LogP contribution is 2.41. The van der Waals surface area contributed by atoms with Crippen molar-refractivity contribution >= 4 is 17.8 Å². The fourth-order valence-corrected chi connectivity index (χ4v) is 1.88. The van der Waals surface area contributed by atoms with Gasteiger partial charge < -0.3 is 4.74 Å². The monoisotopic (exact) mass is 276 g/mol. The first-order chi connectivity index (χ1) is 9.63. The minimum Gasteiger partial charge on any atom is -0.459 e. The van der Waals surface area contributed by atoms with Crippen LogP contribution >= 0.6 is 0 Å². The Kier molecular flexibility index (Phi) is 4.34. The molecule has 1 aliphatic carbocycles. The van der Waals surface area contributed by atoms with Crippen molar-refractivity contribution in [3.8, 4) is 0 Å². The molecule has 0 heterocycles. The second-order valence-corrected chi connectivity index (χ2v) is 4.49. The van der Waals surface area contributed by atoms with Gasteiger partial charge in [0, 0.05) is 5.56 Å². The molecule has 0 atom stereocenters. The highest BCUT2D eigenvalue weighted by atomic mass is 16.5. The van der Waals surface area contributed by atoms with Gasteiger partial charge in [0.15, 0.2) is 0 Å². The van der Waals surface area contributed by atoms with Gasteiger partial charge in [-0.25, -0.2) is 4.79 Å². The summed E-state index contributed by atoms with van der Waals surface area (Å²) in [7, 11) is 0. The standard InChI is InChI=1S/C14H16N2O4/c1-2-20-14(19)13(18)16-15-12(17)11-6-4-3-5-10(11)9-7-8-9/h3-6,9H,2,7-8H2,1H3,(H,15,17)(H,16,18). The molecule has 2 amide bonds. The molecule has 1 aromatic carbocycles. The smallest absolute Gasteiger partial charge is 0.398 e. The van der Waals surface area contributed by atoms with E-state index in [1.165, 1.54) is 0 Å². The topological polar surface area (TPSA) is 84.5 Å². The molecule has 2 rings (SSSR count). The highest BCUT2D eigenvalue weighted by molar-refractivity contribution is 6.32. The number of hydrazine groups is 1. The number of amides is 2. The van der Waals surface area contributed by atoms with E-state index in [-0.39, 0.29) is 6.61 Å². The number of hydrogen-bond donors (Lipinski definition) is 2. The number of hydrogen-bond acceptors (Lipinski definition) is 4. The van der Waals surface area contributed by atoms with Crippen molar-refractivity contribution in [2.45, 2.75) is 25.7 Å². The Bertz CT molecular complexity index is 538. The number of rotatable bonds is 3. The molecule has 0 radical (unpaired) electrons. The third-order valence-electron chi connectivity index (χ3n) is 2.97. The number of benzene rings is 1. The third kappa shape index (κ3) is 3.34. The largest absolute Gasteiger partial charge is 0.459 e. The van der Waals surface area contributed by atoms with Gasteiger partial charge in [-0.1, -0.05) is 18.2 Å². The zero-order valence-corrected chi connectivity index (χ0v) is 11.1. The van der Waals surface area contributed by atoms with Gasteiger partial charge in [-0.2, -0.15) is 0 Å². The molecular formula is C14H16N2O4. The van der Waals surface area contributed by atoms with Crippen LogP contribution in [0.25, 0.3) is 0 Å².